The molecular weight excluding hydrogens is 488 g/mol. The number of carbonyl (C=O) groups excluding carboxylic acids is 1. The fourth-order valence-corrected chi connectivity index (χ4v) is 5.91. The molecule has 2 aromatic heterocycles. The van der Waals surface area contributed by atoms with Crippen molar-refractivity contribution < 1.29 is 9.21 Å². The average molecular weight is 525 g/mol. The third-order valence-electron chi connectivity index (χ3n) is 8.31. The summed E-state index contributed by atoms with van der Waals surface area (Å²) in [6.45, 7) is 8.46. The quantitative estimate of drug-likeness (QED) is 0.337. The maximum Gasteiger partial charge on any atom is 0.289 e. The van der Waals surface area contributed by atoms with E-state index in [9.17, 15) is 10.1 Å². The lowest BCUT2D eigenvalue weighted by molar-refractivity contribution is 0.0635. The second-order valence-electron chi connectivity index (χ2n) is 10.9. The molecule has 1 amide bonds. The number of aromatic nitrogens is 1. The number of aryl methyl sites for hydroxylation is 1. The van der Waals surface area contributed by atoms with E-state index in [0.717, 1.165) is 94.7 Å². The summed E-state index contributed by atoms with van der Waals surface area (Å²) >= 11 is 0. The molecular formula is C31H36N6O2. The maximum absolute atomic E-state index is 12.9. The molecule has 6 rings (SSSR count). The maximum atomic E-state index is 12.9. The van der Waals surface area contributed by atoms with Gasteiger partial charge in [-0.05, 0) is 68.8 Å². The summed E-state index contributed by atoms with van der Waals surface area (Å²) in [6.07, 6.45) is 7.52. The summed E-state index contributed by atoms with van der Waals surface area (Å²) in [5, 5.41) is 11.6. The monoisotopic (exact) mass is 524 g/mol. The molecule has 0 atom stereocenters. The number of unbranched alkanes of at least 4 members (excludes halogenated alkanes) is 1. The van der Waals surface area contributed by atoms with Crippen molar-refractivity contribution in [3.63, 3.8) is 0 Å². The Morgan fingerprint density at radius 3 is 2.54 bits per heavy atom. The van der Waals surface area contributed by atoms with Gasteiger partial charge in [-0.15, -0.1) is 0 Å². The van der Waals surface area contributed by atoms with E-state index in [0.29, 0.717) is 5.76 Å². The van der Waals surface area contributed by atoms with E-state index in [2.05, 4.69) is 46.1 Å². The van der Waals surface area contributed by atoms with Crippen LogP contribution in [-0.4, -0.2) is 91.1 Å². The number of nitriles is 1. The van der Waals surface area contributed by atoms with Crippen molar-refractivity contribution in [3.05, 3.63) is 66.1 Å². The summed E-state index contributed by atoms with van der Waals surface area (Å²) in [4.78, 5) is 22.1. The Morgan fingerprint density at radius 1 is 0.949 bits per heavy atom. The van der Waals surface area contributed by atoms with Gasteiger partial charge in [-0.1, -0.05) is 18.2 Å². The minimum Gasteiger partial charge on any atom is -0.451 e. The molecule has 2 aromatic carbocycles. The zero-order valence-corrected chi connectivity index (χ0v) is 22.7. The van der Waals surface area contributed by atoms with Crippen LogP contribution in [0.5, 0.6) is 0 Å². The number of rotatable bonds is 7. The predicted octanol–water partition coefficient (Wildman–Crippen LogP) is 4.25. The second kappa shape index (κ2) is 11.1. The largest absolute Gasteiger partial charge is 0.451 e. The first-order valence-electron chi connectivity index (χ1n) is 14.1. The fourth-order valence-electron chi connectivity index (χ4n) is 5.91. The van der Waals surface area contributed by atoms with Gasteiger partial charge in [-0.25, -0.2) is 0 Å². The Labute approximate surface area is 229 Å². The number of hydrogen-bond donors (Lipinski definition) is 0. The number of fused-ring (bicyclic) bond motifs is 2. The molecule has 0 aliphatic carbocycles. The normalized spacial score (nSPS) is 17.2. The van der Waals surface area contributed by atoms with E-state index in [1.807, 2.05) is 41.4 Å². The molecule has 2 saturated heterocycles. The minimum atomic E-state index is -0.00900. The molecule has 4 heterocycles. The van der Waals surface area contributed by atoms with Crippen LogP contribution >= 0.6 is 0 Å². The topological polar surface area (TPSA) is 71.9 Å². The lowest BCUT2D eigenvalue weighted by Crippen LogP contribution is -2.47. The number of likely N-dealkylation sites (N-methyl/N-ethyl adjacent to an activating group) is 1. The highest BCUT2D eigenvalue weighted by Gasteiger charge is 2.24. The van der Waals surface area contributed by atoms with Gasteiger partial charge < -0.3 is 19.1 Å². The number of benzene rings is 2. The highest BCUT2D eigenvalue weighted by Crippen LogP contribution is 2.27. The number of amides is 1. The van der Waals surface area contributed by atoms with Crippen LogP contribution in [0.4, 0.5) is 5.69 Å². The van der Waals surface area contributed by atoms with Crippen molar-refractivity contribution in [3.8, 4) is 6.19 Å². The van der Waals surface area contributed by atoms with E-state index in [1.54, 1.807) is 4.57 Å². The van der Waals surface area contributed by atoms with Crippen molar-refractivity contribution in [2.45, 2.75) is 19.3 Å². The summed E-state index contributed by atoms with van der Waals surface area (Å²) in [5.74, 6) is 0.430. The second-order valence-corrected chi connectivity index (χ2v) is 10.9. The van der Waals surface area contributed by atoms with Gasteiger partial charge >= 0.3 is 0 Å². The SMILES string of the molecule is CN1CCN(C(=O)c2cc3cc(N4CCN(CCCCc5cn(C#N)c6ccccc56)CC4)ccc3o2)CC1. The van der Waals surface area contributed by atoms with E-state index in [4.69, 9.17) is 4.42 Å². The standard InChI is InChI=1S/C31H36N6O2/c1-33-12-16-36(17-13-33)31(38)30-21-25-20-26(9-10-29(25)39-30)35-18-14-34(15-19-35)11-5-4-6-24-22-37(23-32)28-8-3-2-7-27(24)28/h2-3,7-10,20-22H,4-6,11-19H2,1H3. The zero-order valence-electron chi connectivity index (χ0n) is 22.7. The molecule has 0 saturated carbocycles. The Kier molecular flexibility index (Phi) is 7.27. The van der Waals surface area contributed by atoms with Gasteiger partial charge in [0.25, 0.3) is 5.91 Å². The molecule has 39 heavy (non-hydrogen) atoms. The van der Waals surface area contributed by atoms with Crippen molar-refractivity contribution in [1.29, 1.82) is 5.26 Å². The fraction of sp³-hybridized carbons (Fsp3) is 0.419. The molecule has 2 aliphatic heterocycles. The molecule has 0 N–H and O–H groups in total. The van der Waals surface area contributed by atoms with Crippen LogP contribution in [0.2, 0.25) is 0 Å². The molecule has 202 valence electrons. The van der Waals surface area contributed by atoms with Crippen LogP contribution in [0.25, 0.3) is 21.9 Å². The molecule has 0 unspecified atom stereocenters. The number of anilines is 1. The molecule has 0 radical (unpaired) electrons. The van der Waals surface area contributed by atoms with Crippen LogP contribution in [-0.2, 0) is 6.42 Å². The van der Waals surface area contributed by atoms with Gasteiger partial charge in [0.2, 0.25) is 0 Å². The summed E-state index contributed by atoms with van der Waals surface area (Å²) in [5.41, 5.74) is 4.22. The third kappa shape index (κ3) is 5.38. The van der Waals surface area contributed by atoms with Crippen molar-refractivity contribution in [2.75, 3.05) is 70.9 Å². The van der Waals surface area contributed by atoms with Crippen LogP contribution < -0.4 is 4.90 Å². The Hall–Kier alpha value is -3.80. The molecule has 4 aromatic rings. The Bertz CT molecular complexity index is 1500. The number of nitrogens with zero attached hydrogens (tertiary/aromatic N) is 6. The average Bonchev–Trinajstić information content (AvgIpc) is 3.57. The van der Waals surface area contributed by atoms with Crippen molar-refractivity contribution in [2.24, 2.45) is 0 Å². The molecule has 8 nitrogen and oxygen atoms in total. The van der Waals surface area contributed by atoms with E-state index >= 15 is 0 Å². The van der Waals surface area contributed by atoms with Gasteiger partial charge in [-0.2, -0.15) is 5.26 Å². The first-order valence-corrected chi connectivity index (χ1v) is 14.1. The highest BCUT2D eigenvalue weighted by atomic mass is 16.3. The number of furan rings is 1. The molecule has 2 aliphatic rings. The third-order valence-corrected chi connectivity index (χ3v) is 8.31. The van der Waals surface area contributed by atoms with Crippen molar-refractivity contribution in [1.82, 2.24) is 19.3 Å². The van der Waals surface area contributed by atoms with Gasteiger partial charge in [0.15, 0.2) is 12.0 Å². The Morgan fingerprint density at radius 2 is 1.74 bits per heavy atom. The zero-order chi connectivity index (χ0) is 26.8. The lowest BCUT2D eigenvalue weighted by atomic mass is 10.1. The number of piperazine rings is 2. The summed E-state index contributed by atoms with van der Waals surface area (Å²) in [7, 11) is 2.09. The summed E-state index contributed by atoms with van der Waals surface area (Å²) < 4.78 is 7.62. The number of para-hydroxylation sites is 1. The first kappa shape index (κ1) is 25.5. The first-order chi connectivity index (χ1) is 19.1. The van der Waals surface area contributed by atoms with Gasteiger partial charge in [0.1, 0.15) is 5.58 Å². The smallest absolute Gasteiger partial charge is 0.289 e. The molecule has 0 spiro atoms. The number of hydrogen-bond acceptors (Lipinski definition) is 6. The van der Waals surface area contributed by atoms with E-state index in [-0.39, 0.29) is 5.91 Å². The van der Waals surface area contributed by atoms with Crippen LogP contribution in [0, 0.1) is 11.5 Å². The minimum absolute atomic E-state index is 0.00900. The number of carbonyl (C=O) groups is 1. The van der Waals surface area contributed by atoms with Gasteiger partial charge in [-0.3, -0.25) is 14.3 Å². The van der Waals surface area contributed by atoms with Crippen LogP contribution in [0.1, 0.15) is 29.0 Å². The Balaban J connectivity index is 0.995. The molecule has 0 bridgehead atoms. The van der Waals surface area contributed by atoms with Crippen molar-refractivity contribution >= 4 is 33.5 Å². The van der Waals surface area contributed by atoms with Gasteiger partial charge in [0.05, 0.1) is 5.52 Å². The van der Waals surface area contributed by atoms with Crippen LogP contribution in [0.15, 0.2) is 59.1 Å². The predicted molar refractivity (Wildman–Crippen MR) is 154 cm³/mol. The van der Waals surface area contributed by atoms with Crippen LogP contribution in [0.3, 0.4) is 0 Å². The summed E-state index contributed by atoms with van der Waals surface area (Å²) in [6, 6.07) is 16.3. The molecule has 8 heteroatoms. The van der Waals surface area contributed by atoms with Gasteiger partial charge in [0, 0.05) is 75.0 Å². The molecule has 2 fully saturated rings. The lowest BCUT2D eigenvalue weighted by Gasteiger charge is -2.36. The van der Waals surface area contributed by atoms with E-state index < -0.39 is 0 Å². The highest BCUT2D eigenvalue weighted by molar-refractivity contribution is 5.96. The van der Waals surface area contributed by atoms with E-state index in [1.165, 1.54) is 16.6 Å².